The first-order valence-electron chi connectivity index (χ1n) is 5.75. The molecule has 1 atom stereocenters. The number of hydrogen-bond acceptors (Lipinski definition) is 7. The summed E-state index contributed by atoms with van der Waals surface area (Å²) < 4.78 is 5.34. The lowest BCUT2D eigenvalue weighted by molar-refractivity contribution is -0.384. The number of hydrogen-bond donors (Lipinski definition) is 2. The molecule has 2 heterocycles. The average Bonchev–Trinajstić information content (AvgIpc) is 2.37. The van der Waals surface area contributed by atoms with E-state index in [1.165, 1.54) is 0 Å². The van der Waals surface area contributed by atoms with E-state index in [1.54, 1.807) is 0 Å². The quantitative estimate of drug-likeness (QED) is 0.602. The summed E-state index contributed by atoms with van der Waals surface area (Å²) in [5.41, 5.74) is 5.26. The van der Waals surface area contributed by atoms with Gasteiger partial charge in [0.2, 0.25) is 11.8 Å². The molecule has 2 rings (SSSR count). The van der Waals surface area contributed by atoms with Gasteiger partial charge in [0, 0.05) is 13.2 Å². The summed E-state index contributed by atoms with van der Waals surface area (Å²) in [5, 5.41) is 13.8. The Hall–Kier alpha value is -1.96. The Morgan fingerprint density at radius 3 is 3.17 bits per heavy atom. The molecule has 0 amide bonds. The molecule has 3 N–H and O–H groups in total. The van der Waals surface area contributed by atoms with Crippen molar-refractivity contribution in [3.63, 3.8) is 0 Å². The summed E-state index contributed by atoms with van der Waals surface area (Å²) in [5.74, 6) is 0.524. The molecule has 0 aromatic carbocycles. The second-order valence-corrected chi connectivity index (χ2v) is 4.18. The van der Waals surface area contributed by atoms with Gasteiger partial charge in [-0.1, -0.05) is 0 Å². The Morgan fingerprint density at radius 1 is 1.67 bits per heavy atom. The number of nitrogens with one attached hydrogen (secondary N) is 1. The van der Waals surface area contributed by atoms with Crippen LogP contribution in [0.3, 0.4) is 0 Å². The Bertz CT molecular complexity index is 434. The number of rotatable bonds is 4. The van der Waals surface area contributed by atoms with Gasteiger partial charge in [-0.25, -0.2) is 4.98 Å². The van der Waals surface area contributed by atoms with Crippen LogP contribution in [0, 0.1) is 16.0 Å². The highest BCUT2D eigenvalue weighted by molar-refractivity contribution is 5.56. The SMILES string of the molecule is Nc1ncc([N+](=O)[O-])c(NCC2CCCOC2)n1. The van der Waals surface area contributed by atoms with E-state index >= 15 is 0 Å². The number of anilines is 2. The van der Waals surface area contributed by atoms with Crippen molar-refractivity contribution in [2.75, 3.05) is 30.8 Å². The molecule has 1 aromatic rings. The summed E-state index contributed by atoms with van der Waals surface area (Å²) in [6.07, 6.45) is 3.17. The van der Waals surface area contributed by atoms with Gasteiger partial charge in [-0.05, 0) is 18.8 Å². The van der Waals surface area contributed by atoms with E-state index in [-0.39, 0.29) is 17.5 Å². The van der Waals surface area contributed by atoms with Gasteiger partial charge in [-0.15, -0.1) is 0 Å². The minimum absolute atomic E-state index is 0.0167. The molecule has 8 nitrogen and oxygen atoms in total. The molecule has 0 saturated carbocycles. The summed E-state index contributed by atoms with van der Waals surface area (Å²) in [6.45, 7) is 2.04. The van der Waals surface area contributed by atoms with Crippen molar-refractivity contribution < 1.29 is 9.66 Å². The Labute approximate surface area is 104 Å². The van der Waals surface area contributed by atoms with Crippen molar-refractivity contribution in [2.45, 2.75) is 12.8 Å². The Kier molecular flexibility index (Phi) is 3.88. The highest BCUT2D eigenvalue weighted by atomic mass is 16.6. The van der Waals surface area contributed by atoms with E-state index in [4.69, 9.17) is 10.5 Å². The average molecular weight is 253 g/mol. The zero-order valence-electron chi connectivity index (χ0n) is 9.83. The largest absolute Gasteiger partial charge is 0.381 e. The minimum Gasteiger partial charge on any atom is -0.381 e. The normalized spacial score (nSPS) is 19.4. The predicted molar refractivity (Wildman–Crippen MR) is 65.1 cm³/mol. The van der Waals surface area contributed by atoms with Crippen LogP contribution in [-0.4, -0.2) is 34.6 Å². The fourth-order valence-corrected chi connectivity index (χ4v) is 1.86. The van der Waals surface area contributed by atoms with Gasteiger partial charge in [0.15, 0.2) is 0 Å². The number of nitrogens with zero attached hydrogens (tertiary/aromatic N) is 3. The maximum absolute atomic E-state index is 10.8. The lowest BCUT2D eigenvalue weighted by atomic mass is 10.0. The zero-order valence-corrected chi connectivity index (χ0v) is 9.83. The van der Waals surface area contributed by atoms with Crippen LogP contribution in [0.5, 0.6) is 0 Å². The van der Waals surface area contributed by atoms with Gasteiger partial charge in [-0.3, -0.25) is 10.1 Å². The molecule has 18 heavy (non-hydrogen) atoms. The molecule has 0 radical (unpaired) electrons. The lowest BCUT2D eigenvalue weighted by Gasteiger charge is -2.22. The highest BCUT2D eigenvalue weighted by Crippen LogP contribution is 2.22. The third kappa shape index (κ3) is 3.04. The first kappa shape index (κ1) is 12.5. The maximum atomic E-state index is 10.8. The molecule has 0 bridgehead atoms. The number of nitro groups is 1. The van der Waals surface area contributed by atoms with Crippen molar-refractivity contribution in [3.8, 4) is 0 Å². The molecule has 8 heteroatoms. The topological polar surface area (TPSA) is 116 Å². The van der Waals surface area contributed by atoms with E-state index < -0.39 is 4.92 Å². The molecule has 98 valence electrons. The van der Waals surface area contributed by atoms with Crippen LogP contribution >= 0.6 is 0 Å². The molecule has 0 aliphatic carbocycles. The van der Waals surface area contributed by atoms with Gasteiger partial charge in [0.1, 0.15) is 6.20 Å². The summed E-state index contributed by atoms with van der Waals surface area (Å²) in [6, 6.07) is 0. The Morgan fingerprint density at radius 2 is 2.50 bits per heavy atom. The van der Waals surface area contributed by atoms with Crippen molar-refractivity contribution in [2.24, 2.45) is 5.92 Å². The smallest absolute Gasteiger partial charge is 0.329 e. The second kappa shape index (κ2) is 5.58. The van der Waals surface area contributed by atoms with Crippen molar-refractivity contribution >= 4 is 17.5 Å². The lowest BCUT2D eigenvalue weighted by Crippen LogP contribution is -2.25. The van der Waals surface area contributed by atoms with Gasteiger partial charge in [-0.2, -0.15) is 4.98 Å². The maximum Gasteiger partial charge on any atom is 0.329 e. The summed E-state index contributed by atoms with van der Waals surface area (Å²) in [7, 11) is 0. The van der Waals surface area contributed by atoms with Crippen molar-refractivity contribution in [3.05, 3.63) is 16.3 Å². The van der Waals surface area contributed by atoms with E-state index in [0.717, 1.165) is 25.6 Å². The van der Waals surface area contributed by atoms with E-state index in [0.29, 0.717) is 19.1 Å². The number of nitrogen functional groups attached to an aromatic ring is 1. The molecule has 1 aliphatic rings. The van der Waals surface area contributed by atoms with Gasteiger partial charge >= 0.3 is 5.69 Å². The number of ether oxygens (including phenoxy) is 1. The van der Waals surface area contributed by atoms with Crippen LogP contribution in [0.4, 0.5) is 17.5 Å². The van der Waals surface area contributed by atoms with Gasteiger partial charge < -0.3 is 15.8 Å². The number of aromatic nitrogens is 2. The van der Waals surface area contributed by atoms with Crippen LogP contribution in [0.15, 0.2) is 6.20 Å². The van der Waals surface area contributed by atoms with Crippen LogP contribution in [0.25, 0.3) is 0 Å². The number of nitrogens with two attached hydrogens (primary N) is 1. The summed E-state index contributed by atoms with van der Waals surface area (Å²) in [4.78, 5) is 17.7. The second-order valence-electron chi connectivity index (χ2n) is 4.18. The molecular formula is C10H15N5O3. The first-order chi connectivity index (χ1) is 8.66. The fraction of sp³-hybridized carbons (Fsp3) is 0.600. The molecule has 1 unspecified atom stereocenters. The fourth-order valence-electron chi connectivity index (χ4n) is 1.86. The van der Waals surface area contributed by atoms with Crippen LogP contribution < -0.4 is 11.1 Å². The molecule has 1 aromatic heterocycles. The third-order valence-electron chi connectivity index (χ3n) is 2.80. The minimum atomic E-state index is -0.529. The van der Waals surface area contributed by atoms with Gasteiger partial charge in [0.05, 0.1) is 11.5 Å². The third-order valence-corrected chi connectivity index (χ3v) is 2.80. The highest BCUT2D eigenvalue weighted by Gasteiger charge is 2.19. The van der Waals surface area contributed by atoms with Crippen LogP contribution in [0.1, 0.15) is 12.8 Å². The van der Waals surface area contributed by atoms with Crippen LogP contribution in [0.2, 0.25) is 0 Å². The zero-order chi connectivity index (χ0) is 13.0. The van der Waals surface area contributed by atoms with Gasteiger partial charge in [0.25, 0.3) is 0 Å². The van der Waals surface area contributed by atoms with E-state index in [9.17, 15) is 10.1 Å². The molecular weight excluding hydrogens is 238 g/mol. The van der Waals surface area contributed by atoms with Crippen molar-refractivity contribution in [1.29, 1.82) is 0 Å². The van der Waals surface area contributed by atoms with Crippen LogP contribution in [-0.2, 0) is 4.74 Å². The molecule has 1 aliphatic heterocycles. The monoisotopic (exact) mass is 253 g/mol. The van der Waals surface area contributed by atoms with Crippen molar-refractivity contribution in [1.82, 2.24) is 9.97 Å². The Balaban J connectivity index is 2.03. The molecule has 1 fully saturated rings. The molecule has 0 spiro atoms. The molecule has 1 saturated heterocycles. The van der Waals surface area contributed by atoms with E-state index in [2.05, 4.69) is 15.3 Å². The summed E-state index contributed by atoms with van der Waals surface area (Å²) >= 11 is 0. The van der Waals surface area contributed by atoms with E-state index in [1.807, 2.05) is 0 Å². The first-order valence-corrected chi connectivity index (χ1v) is 5.75. The predicted octanol–water partition coefficient (Wildman–Crippen LogP) is 0.805. The standard InChI is InChI=1S/C10H15N5O3/c11-10-13-5-8(15(16)17)9(14-10)12-4-7-2-1-3-18-6-7/h5,7H,1-4,6H2,(H3,11,12,13,14).